The van der Waals surface area contributed by atoms with Crippen LogP contribution in [0, 0.1) is 11.8 Å². The van der Waals surface area contributed by atoms with E-state index in [1.165, 1.54) is 18.2 Å². The van der Waals surface area contributed by atoms with E-state index in [0.717, 1.165) is 35.7 Å². The quantitative estimate of drug-likeness (QED) is 0.748. The summed E-state index contributed by atoms with van der Waals surface area (Å²) >= 11 is 1.30. The highest BCUT2D eigenvalue weighted by molar-refractivity contribution is 8.13. The second-order valence-electron chi connectivity index (χ2n) is 8.08. The van der Waals surface area contributed by atoms with Crippen LogP contribution in [0.1, 0.15) is 38.7 Å². The molecular formula is C21H28N2O4S. The smallest absolute Gasteiger partial charge is 0.282 e. The Morgan fingerprint density at radius 1 is 1.25 bits per heavy atom. The minimum Gasteiger partial charge on any atom is -0.454 e. The zero-order valence-corrected chi connectivity index (χ0v) is 17.4. The fraction of sp³-hybridized carbons (Fsp3) is 0.619. The van der Waals surface area contributed by atoms with Crippen molar-refractivity contribution in [1.82, 2.24) is 9.80 Å². The van der Waals surface area contributed by atoms with E-state index in [1.54, 1.807) is 4.90 Å². The van der Waals surface area contributed by atoms with Crippen LogP contribution in [0.15, 0.2) is 18.2 Å². The standard InChI is InChI=1S/C21H28N2O4S/c1-14-4-3-5-17(15(14)2)23(20(24)12-22-8-9-28-21(22)25)11-16-6-7-18-19(10-16)27-13-26-18/h6-7,10,14-15,17H,3-5,8-9,11-13H2,1-2H3. The first-order valence-corrected chi connectivity index (χ1v) is 11.1. The van der Waals surface area contributed by atoms with Crippen LogP contribution >= 0.6 is 11.8 Å². The van der Waals surface area contributed by atoms with Gasteiger partial charge < -0.3 is 19.3 Å². The third-order valence-corrected chi connectivity index (χ3v) is 7.24. The van der Waals surface area contributed by atoms with Gasteiger partial charge in [-0.25, -0.2) is 0 Å². The van der Waals surface area contributed by atoms with Gasteiger partial charge in [-0.3, -0.25) is 9.59 Å². The predicted molar refractivity (Wildman–Crippen MR) is 109 cm³/mol. The van der Waals surface area contributed by atoms with Gasteiger partial charge in [0.25, 0.3) is 5.24 Å². The highest BCUT2D eigenvalue weighted by Gasteiger charge is 2.35. The van der Waals surface area contributed by atoms with Crippen LogP contribution in [0.4, 0.5) is 4.79 Å². The van der Waals surface area contributed by atoms with Crippen LogP contribution in [0.2, 0.25) is 0 Å². The molecule has 28 heavy (non-hydrogen) atoms. The van der Waals surface area contributed by atoms with E-state index in [-0.39, 0.29) is 30.5 Å². The second-order valence-corrected chi connectivity index (χ2v) is 9.13. The summed E-state index contributed by atoms with van der Waals surface area (Å²) in [5.41, 5.74) is 1.03. The minimum absolute atomic E-state index is 0.0152. The maximum absolute atomic E-state index is 13.3. The molecular weight excluding hydrogens is 376 g/mol. The first kappa shape index (κ1) is 19.4. The molecule has 1 aliphatic carbocycles. The SMILES string of the molecule is CC1CCCC(N(Cc2ccc3c(c2)OCO3)C(=O)CN2CCSC2=O)C1C. The lowest BCUT2D eigenvalue weighted by molar-refractivity contribution is -0.137. The van der Waals surface area contributed by atoms with Crippen molar-refractivity contribution in [2.75, 3.05) is 25.6 Å². The van der Waals surface area contributed by atoms with Gasteiger partial charge in [-0.15, -0.1) is 0 Å². The van der Waals surface area contributed by atoms with Crippen LogP contribution in [-0.4, -0.2) is 52.6 Å². The molecule has 2 heterocycles. The molecule has 0 spiro atoms. The van der Waals surface area contributed by atoms with Crippen LogP contribution in [0.25, 0.3) is 0 Å². The Morgan fingerprint density at radius 2 is 2.07 bits per heavy atom. The Kier molecular flexibility index (Phi) is 5.71. The summed E-state index contributed by atoms with van der Waals surface area (Å²) < 4.78 is 10.9. The number of hydrogen-bond acceptors (Lipinski definition) is 5. The molecule has 1 saturated carbocycles. The number of thioether (sulfide) groups is 1. The summed E-state index contributed by atoms with van der Waals surface area (Å²) in [6.07, 6.45) is 3.37. The van der Waals surface area contributed by atoms with Gasteiger partial charge in [0.1, 0.15) is 6.54 Å². The van der Waals surface area contributed by atoms with Gasteiger partial charge in [0.2, 0.25) is 12.7 Å². The number of hydrogen-bond donors (Lipinski definition) is 0. The average molecular weight is 405 g/mol. The van der Waals surface area contributed by atoms with Crippen molar-refractivity contribution >= 4 is 22.9 Å². The monoisotopic (exact) mass is 404 g/mol. The van der Waals surface area contributed by atoms with E-state index in [9.17, 15) is 9.59 Å². The predicted octanol–water partition coefficient (Wildman–Crippen LogP) is 3.74. The Hall–Kier alpha value is -1.89. The van der Waals surface area contributed by atoms with Gasteiger partial charge in [-0.2, -0.15) is 0 Å². The number of benzene rings is 1. The van der Waals surface area contributed by atoms with Crippen molar-refractivity contribution in [2.24, 2.45) is 11.8 Å². The second kappa shape index (κ2) is 8.23. The molecule has 152 valence electrons. The Balaban J connectivity index is 1.55. The molecule has 0 aromatic heterocycles. The molecule has 0 bridgehead atoms. The van der Waals surface area contributed by atoms with E-state index in [0.29, 0.717) is 24.9 Å². The number of amides is 2. The lowest BCUT2D eigenvalue weighted by Crippen LogP contribution is -2.50. The van der Waals surface area contributed by atoms with Crippen LogP contribution in [0.3, 0.4) is 0 Å². The first-order valence-electron chi connectivity index (χ1n) is 10.1. The molecule has 1 aromatic rings. The molecule has 6 nitrogen and oxygen atoms in total. The third kappa shape index (κ3) is 3.95. The van der Waals surface area contributed by atoms with Crippen LogP contribution in [-0.2, 0) is 11.3 Å². The fourth-order valence-electron chi connectivity index (χ4n) is 4.44. The number of nitrogens with zero attached hydrogens (tertiary/aromatic N) is 2. The molecule has 1 saturated heterocycles. The van der Waals surface area contributed by atoms with Gasteiger partial charge in [0.15, 0.2) is 11.5 Å². The molecule has 7 heteroatoms. The zero-order valence-electron chi connectivity index (χ0n) is 16.6. The minimum atomic E-state index is 0.0152. The molecule has 2 aliphatic heterocycles. The topological polar surface area (TPSA) is 59.1 Å². The third-order valence-electron chi connectivity index (χ3n) is 6.35. The lowest BCUT2D eigenvalue weighted by atomic mass is 9.77. The van der Waals surface area contributed by atoms with Gasteiger partial charge in [-0.05, 0) is 36.0 Å². The average Bonchev–Trinajstić information content (AvgIpc) is 3.31. The number of carbonyl (C=O) groups excluding carboxylic acids is 2. The van der Waals surface area contributed by atoms with Crippen LogP contribution in [0.5, 0.6) is 11.5 Å². The molecule has 3 unspecified atom stereocenters. The summed E-state index contributed by atoms with van der Waals surface area (Å²) in [5.74, 6) is 3.33. The maximum Gasteiger partial charge on any atom is 0.282 e. The maximum atomic E-state index is 13.3. The van der Waals surface area contributed by atoms with Crippen molar-refractivity contribution in [2.45, 2.75) is 45.7 Å². The van der Waals surface area contributed by atoms with Gasteiger partial charge in [0, 0.05) is 24.9 Å². The van der Waals surface area contributed by atoms with E-state index in [1.807, 2.05) is 23.1 Å². The molecule has 2 amide bonds. The molecule has 2 fully saturated rings. The summed E-state index contributed by atoms with van der Waals surface area (Å²) in [5, 5.41) is 0.0152. The van der Waals surface area contributed by atoms with E-state index < -0.39 is 0 Å². The first-order chi connectivity index (χ1) is 13.5. The lowest BCUT2D eigenvalue weighted by Gasteiger charge is -2.42. The molecule has 3 atom stereocenters. The van der Waals surface area contributed by atoms with E-state index in [2.05, 4.69) is 13.8 Å². The molecule has 1 aromatic carbocycles. The number of fused-ring (bicyclic) bond motifs is 1. The van der Waals surface area contributed by atoms with Gasteiger partial charge in [-0.1, -0.05) is 44.5 Å². The molecule has 4 rings (SSSR count). The van der Waals surface area contributed by atoms with E-state index in [4.69, 9.17) is 9.47 Å². The zero-order chi connectivity index (χ0) is 19.7. The van der Waals surface area contributed by atoms with Gasteiger partial charge in [0.05, 0.1) is 0 Å². The Bertz CT molecular complexity index is 756. The van der Waals surface area contributed by atoms with Crippen LogP contribution < -0.4 is 9.47 Å². The Morgan fingerprint density at radius 3 is 2.86 bits per heavy atom. The number of carbonyl (C=O) groups is 2. The largest absolute Gasteiger partial charge is 0.454 e. The van der Waals surface area contributed by atoms with Crippen molar-refractivity contribution in [3.05, 3.63) is 23.8 Å². The Labute approximate surface area is 170 Å². The summed E-state index contributed by atoms with van der Waals surface area (Å²) in [6, 6.07) is 6.08. The summed E-state index contributed by atoms with van der Waals surface area (Å²) in [7, 11) is 0. The normalized spacial score (nSPS) is 26.6. The number of rotatable bonds is 5. The van der Waals surface area contributed by atoms with Crippen molar-refractivity contribution in [1.29, 1.82) is 0 Å². The van der Waals surface area contributed by atoms with Crippen molar-refractivity contribution in [3.8, 4) is 11.5 Å². The van der Waals surface area contributed by atoms with Crippen molar-refractivity contribution < 1.29 is 19.1 Å². The number of ether oxygens (including phenoxy) is 2. The van der Waals surface area contributed by atoms with E-state index >= 15 is 0 Å². The molecule has 3 aliphatic rings. The van der Waals surface area contributed by atoms with Crippen molar-refractivity contribution in [3.63, 3.8) is 0 Å². The fourth-order valence-corrected chi connectivity index (χ4v) is 5.27. The highest BCUT2D eigenvalue weighted by Crippen LogP contribution is 2.36. The van der Waals surface area contributed by atoms with Gasteiger partial charge >= 0.3 is 0 Å². The molecule has 0 radical (unpaired) electrons. The highest BCUT2D eigenvalue weighted by atomic mass is 32.2. The molecule has 0 N–H and O–H groups in total. The summed E-state index contributed by atoms with van der Waals surface area (Å²) in [6.45, 7) is 6.14. The summed E-state index contributed by atoms with van der Waals surface area (Å²) in [4.78, 5) is 29.0.